The summed E-state index contributed by atoms with van der Waals surface area (Å²) in [6.07, 6.45) is 0. The van der Waals surface area contributed by atoms with Gasteiger partial charge in [0.1, 0.15) is 0 Å². The van der Waals surface area contributed by atoms with Gasteiger partial charge in [0.15, 0.2) is 0 Å². The summed E-state index contributed by atoms with van der Waals surface area (Å²) >= 11 is 20.2. The third-order valence-corrected chi connectivity index (χ3v) is 6.65. The van der Waals surface area contributed by atoms with Crippen molar-refractivity contribution in [3.8, 4) is 0 Å². The summed E-state index contributed by atoms with van der Waals surface area (Å²) < 4.78 is 21.4. The van der Waals surface area contributed by atoms with Gasteiger partial charge in [-0.3, -0.25) is 0 Å². The molecule has 0 aromatic heterocycles. The smallest absolute Gasteiger partial charge is 0.691 e. The van der Waals surface area contributed by atoms with Crippen molar-refractivity contribution in [2.24, 2.45) is 23.7 Å². The molecule has 0 radical (unpaired) electrons. The molecule has 0 rings (SSSR count). The summed E-state index contributed by atoms with van der Waals surface area (Å²) in [5.41, 5.74) is -4.77. The largest absolute Gasteiger partial charge is 2.00 e. The van der Waals surface area contributed by atoms with Crippen LogP contribution in [-0.2, 0) is 66.2 Å². The van der Waals surface area contributed by atoms with Crippen LogP contribution in [-0.4, -0.2) is 64.2 Å². The third kappa shape index (κ3) is 29.1. The first-order valence-electron chi connectivity index (χ1n) is 8.87. The molecule has 0 N–H and O–H groups in total. The summed E-state index contributed by atoms with van der Waals surface area (Å²) in [7, 11) is 0. The summed E-state index contributed by atoms with van der Waals surface area (Å²) in [4.78, 5) is 0. The van der Waals surface area contributed by atoms with Crippen molar-refractivity contribution in [3.05, 3.63) is 0 Å². The van der Waals surface area contributed by atoms with E-state index in [1.165, 1.54) is 0 Å². The minimum atomic E-state index is -2.38. The van der Waals surface area contributed by atoms with Crippen molar-refractivity contribution in [1.82, 2.24) is 0 Å². The Labute approximate surface area is 218 Å². The molecular formula is C16H36CaO4P2S4. The van der Waals surface area contributed by atoms with E-state index in [1.54, 1.807) is 0 Å². The average molecular weight is 523 g/mol. The number of hydrogen-bond acceptors (Lipinski definition) is 8. The van der Waals surface area contributed by atoms with Crippen LogP contribution in [0.3, 0.4) is 0 Å². The Morgan fingerprint density at radius 2 is 0.704 bits per heavy atom. The SMILES string of the molecule is CC(C)COP(=S)([S-])OCC(C)C.CC(C)COP(=S)([S-])OCC(C)C.[Ca+2]. The fourth-order valence-corrected chi connectivity index (χ4v) is 4.57. The Hall–Kier alpha value is 3.10. The van der Waals surface area contributed by atoms with Crippen LogP contribution in [0.2, 0.25) is 0 Å². The molecule has 11 heteroatoms. The molecule has 0 bridgehead atoms. The Balaban J connectivity index is -0.000000411. The Kier molecular flexibility index (Phi) is 24.0. The van der Waals surface area contributed by atoms with Crippen molar-refractivity contribution in [3.63, 3.8) is 0 Å². The first kappa shape index (κ1) is 34.7. The van der Waals surface area contributed by atoms with Crippen LogP contribution in [0.4, 0.5) is 0 Å². The molecule has 0 atom stereocenters. The van der Waals surface area contributed by atoms with Crippen LogP contribution in [0.15, 0.2) is 0 Å². The minimum Gasteiger partial charge on any atom is -0.691 e. The molecule has 160 valence electrons. The second kappa shape index (κ2) is 18.7. The predicted molar refractivity (Wildman–Crippen MR) is 132 cm³/mol. The molecular weight excluding hydrogens is 486 g/mol. The zero-order valence-electron chi connectivity index (χ0n) is 18.0. The maximum Gasteiger partial charge on any atom is 2.00 e. The first-order chi connectivity index (χ1) is 11.7. The summed E-state index contributed by atoms with van der Waals surface area (Å²) in [5.74, 6) is 1.81. The quantitative estimate of drug-likeness (QED) is 0.180. The van der Waals surface area contributed by atoms with Crippen LogP contribution in [0.25, 0.3) is 0 Å². The van der Waals surface area contributed by atoms with Crippen LogP contribution in [0, 0.1) is 23.7 Å². The normalized spacial score (nSPS) is 12.4. The molecule has 0 heterocycles. The molecule has 0 aliphatic rings. The monoisotopic (exact) mass is 522 g/mol. The van der Waals surface area contributed by atoms with Gasteiger partial charge in [0.2, 0.25) is 0 Å². The van der Waals surface area contributed by atoms with Crippen molar-refractivity contribution in [2.75, 3.05) is 26.4 Å². The fraction of sp³-hybridized carbons (Fsp3) is 1.00. The van der Waals surface area contributed by atoms with Gasteiger partial charge in [0, 0.05) is 0 Å². The molecule has 0 amide bonds. The van der Waals surface area contributed by atoms with Gasteiger partial charge in [-0.2, -0.15) is 0 Å². The Morgan fingerprint density at radius 1 is 0.556 bits per heavy atom. The van der Waals surface area contributed by atoms with E-state index in [9.17, 15) is 0 Å². The van der Waals surface area contributed by atoms with Gasteiger partial charge in [-0.05, 0) is 23.7 Å². The van der Waals surface area contributed by atoms with Crippen molar-refractivity contribution in [1.29, 1.82) is 0 Å². The van der Waals surface area contributed by atoms with Crippen molar-refractivity contribution < 1.29 is 18.1 Å². The van der Waals surface area contributed by atoms with E-state index >= 15 is 0 Å². The van der Waals surface area contributed by atoms with Crippen LogP contribution in [0.1, 0.15) is 55.4 Å². The third-order valence-electron chi connectivity index (χ3n) is 2.26. The number of hydrogen-bond donors (Lipinski definition) is 0. The zero-order valence-corrected chi connectivity index (χ0v) is 25.3. The molecule has 0 fully saturated rings. The Morgan fingerprint density at radius 3 is 0.815 bits per heavy atom. The maximum absolute atomic E-state index is 5.36. The van der Waals surface area contributed by atoms with Crippen LogP contribution >= 0.6 is 11.4 Å². The topological polar surface area (TPSA) is 36.9 Å². The van der Waals surface area contributed by atoms with E-state index in [1.807, 2.05) is 0 Å². The minimum absolute atomic E-state index is 0. The second-order valence-corrected chi connectivity index (χ2v) is 17.6. The molecule has 0 saturated carbocycles. The van der Waals surface area contributed by atoms with E-state index in [4.69, 9.17) is 66.2 Å². The molecule has 0 aliphatic carbocycles. The zero-order chi connectivity index (χ0) is 21.0. The maximum atomic E-state index is 5.36. The molecule has 0 unspecified atom stereocenters. The fourth-order valence-electron chi connectivity index (χ4n) is 1.04. The average Bonchev–Trinajstić information content (AvgIpc) is 2.48. The summed E-state index contributed by atoms with van der Waals surface area (Å²) in [6, 6.07) is 0. The van der Waals surface area contributed by atoms with Crippen LogP contribution < -0.4 is 0 Å². The van der Waals surface area contributed by atoms with Gasteiger partial charge in [-0.15, -0.1) is 0 Å². The van der Waals surface area contributed by atoms with Crippen LogP contribution in [0.5, 0.6) is 0 Å². The predicted octanol–water partition coefficient (Wildman–Crippen LogP) is 5.83. The van der Waals surface area contributed by atoms with E-state index < -0.39 is 11.4 Å². The van der Waals surface area contributed by atoms with Crippen molar-refractivity contribution in [2.45, 2.75) is 55.4 Å². The molecule has 4 nitrogen and oxygen atoms in total. The van der Waals surface area contributed by atoms with Gasteiger partial charge < -0.3 is 42.6 Å². The first-order valence-corrected chi connectivity index (χ1v) is 16.2. The van der Waals surface area contributed by atoms with E-state index in [0.717, 1.165) is 0 Å². The summed E-state index contributed by atoms with van der Waals surface area (Å²) in [5, 5.41) is 0. The van der Waals surface area contributed by atoms with Gasteiger partial charge in [0.25, 0.3) is 0 Å². The van der Waals surface area contributed by atoms with Crippen molar-refractivity contribution >= 4 is 97.2 Å². The van der Waals surface area contributed by atoms with Gasteiger partial charge in [-0.1, -0.05) is 79.0 Å². The molecule has 0 spiro atoms. The number of rotatable bonds is 12. The molecule has 0 aromatic carbocycles. The van der Waals surface area contributed by atoms with E-state index in [2.05, 4.69) is 55.4 Å². The molecule has 27 heavy (non-hydrogen) atoms. The molecule has 0 aliphatic heterocycles. The molecule has 0 aromatic rings. The Bertz CT molecular complexity index is 380. The second-order valence-electron chi connectivity index (χ2n) is 7.65. The summed E-state index contributed by atoms with van der Waals surface area (Å²) in [6.45, 7) is 18.9. The van der Waals surface area contributed by atoms with E-state index in [0.29, 0.717) is 50.1 Å². The molecule has 0 saturated heterocycles. The van der Waals surface area contributed by atoms with Gasteiger partial charge >= 0.3 is 37.7 Å². The standard InChI is InChI=1S/2C8H19O2PS2.Ca/c2*1-7(2)5-9-11(12,13)10-6-8(3)4;/h2*7-8H,5-6H2,1-4H3,(H,12,13);/q;;+2/p-2. The van der Waals surface area contributed by atoms with Gasteiger partial charge in [0.05, 0.1) is 37.8 Å². The van der Waals surface area contributed by atoms with Gasteiger partial charge in [-0.25, -0.2) is 0 Å². The van der Waals surface area contributed by atoms with E-state index in [-0.39, 0.29) is 37.7 Å².